The van der Waals surface area contributed by atoms with Crippen molar-refractivity contribution < 1.29 is 28.7 Å². The van der Waals surface area contributed by atoms with Gasteiger partial charge in [0.05, 0.1) is 14.2 Å². The maximum Gasteiger partial charge on any atom is 0.329 e. The van der Waals surface area contributed by atoms with Gasteiger partial charge in [-0.05, 0) is 29.3 Å². The van der Waals surface area contributed by atoms with Gasteiger partial charge in [0.2, 0.25) is 0 Å². The third-order valence-corrected chi connectivity index (χ3v) is 7.31. The van der Waals surface area contributed by atoms with Gasteiger partial charge >= 0.3 is 11.9 Å². The van der Waals surface area contributed by atoms with Crippen LogP contribution in [0.3, 0.4) is 0 Å². The van der Waals surface area contributed by atoms with E-state index in [1.54, 1.807) is 18.2 Å². The number of hydrogen-bond acceptors (Lipinski definition) is 8. The van der Waals surface area contributed by atoms with Crippen molar-refractivity contribution in [3.63, 3.8) is 0 Å². The summed E-state index contributed by atoms with van der Waals surface area (Å²) >= 11 is 3.01. The molecular weight excluding hydrogens is 476 g/mol. The highest BCUT2D eigenvalue weighted by molar-refractivity contribution is 7.98. The van der Waals surface area contributed by atoms with Crippen LogP contribution in [0.1, 0.15) is 31.8 Å². The number of esters is 2. The van der Waals surface area contributed by atoms with Crippen molar-refractivity contribution in [1.29, 1.82) is 0 Å². The molecule has 2 aromatic carbocycles. The van der Waals surface area contributed by atoms with E-state index in [0.717, 1.165) is 11.1 Å². The van der Waals surface area contributed by atoms with Gasteiger partial charge in [-0.3, -0.25) is 9.59 Å². The maximum atomic E-state index is 12.8. The lowest BCUT2D eigenvalue weighted by Crippen LogP contribution is -2.44. The number of amides is 2. The largest absolute Gasteiger partial charge is 0.467 e. The number of ether oxygens (including phenoxy) is 2. The Morgan fingerprint density at radius 1 is 0.765 bits per heavy atom. The summed E-state index contributed by atoms with van der Waals surface area (Å²) in [6, 6.07) is 12.4. The summed E-state index contributed by atoms with van der Waals surface area (Å²) in [5.74, 6) is -0.123. The van der Waals surface area contributed by atoms with Crippen molar-refractivity contribution in [3.05, 3.63) is 70.8 Å². The smallest absolute Gasteiger partial charge is 0.329 e. The molecule has 0 unspecified atom stereocenters. The van der Waals surface area contributed by atoms with Crippen LogP contribution in [0.4, 0.5) is 0 Å². The molecule has 2 aromatic rings. The van der Waals surface area contributed by atoms with E-state index in [2.05, 4.69) is 10.6 Å². The van der Waals surface area contributed by atoms with Gasteiger partial charge < -0.3 is 20.1 Å². The Morgan fingerprint density at radius 2 is 1.18 bits per heavy atom. The first-order valence-electron chi connectivity index (χ1n) is 10.5. The summed E-state index contributed by atoms with van der Waals surface area (Å²) in [4.78, 5) is 50.1. The Labute approximate surface area is 206 Å². The Bertz CT molecular complexity index is 966. The van der Waals surface area contributed by atoms with Crippen LogP contribution in [0.15, 0.2) is 48.5 Å². The zero-order valence-electron chi connectivity index (χ0n) is 18.9. The van der Waals surface area contributed by atoms with Crippen LogP contribution in [-0.4, -0.2) is 61.6 Å². The quantitative estimate of drug-likeness (QED) is 0.603. The lowest BCUT2D eigenvalue weighted by atomic mass is 10.1. The fourth-order valence-corrected chi connectivity index (χ4v) is 5.23. The number of methoxy groups -OCH3 is 2. The first kappa shape index (κ1) is 25.6. The molecule has 2 N–H and O–H groups in total. The van der Waals surface area contributed by atoms with Gasteiger partial charge in [-0.15, -0.1) is 0 Å². The van der Waals surface area contributed by atoms with Gasteiger partial charge in [0.1, 0.15) is 12.1 Å². The number of carbonyl (C=O) groups excluding carboxylic acids is 4. The lowest BCUT2D eigenvalue weighted by molar-refractivity contribution is -0.143. The molecule has 8 nitrogen and oxygen atoms in total. The Balaban J connectivity index is 1.89. The second-order valence-electron chi connectivity index (χ2n) is 7.53. The average Bonchev–Trinajstić information content (AvgIpc) is 2.86. The van der Waals surface area contributed by atoms with Gasteiger partial charge in [0, 0.05) is 34.1 Å². The number of nitrogens with one attached hydrogen (secondary N) is 2. The van der Waals surface area contributed by atoms with E-state index in [9.17, 15) is 19.2 Å². The number of rotatable bonds is 2. The zero-order valence-corrected chi connectivity index (χ0v) is 20.5. The molecule has 0 spiro atoms. The molecule has 0 aromatic heterocycles. The predicted octanol–water partition coefficient (Wildman–Crippen LogP) is 2.41. The summed E-state index contributed by atoms with van der Waals surface area (Å²) in [5.41, 5.74) is 2.59. The van der Waals surface area contributed by atoms with E-state index in [1.807, 2.05) is 24.3 Å². The van der Waals surface area contributed by atoms with Crippen LogP contribution in [0, 0.1) is 0 Å². The molecule has 180 valence electrons. The van der Waals surface area contributed by atoms with E-state index >= 15 is 0 Å². The molecule has 2 aliphatic rings. The molecule has 0 saturated carbocycles. The van der Waals surface area contributed by atoms with Gasteiger partial charge in [0.15, 0.2) is 0 Å². The van der Waals surface area contributed by atoms with Crippen LogP contribution in [0.2, 0.25) is 0 Å². The van der Waals surface area contributed by atoms with Crippen LogP contribution < -0.4 is 10.6 Å². The SMILES string of the molecule is COC(=O)[C@@H]1CSCc2ccc(cc2)CSC[C@H](C(=O)OC)NC(=O)c2cccc(c2)C(=O)N1. The van der Waals surface area contributed by atoms with Crippen molar-refractivity contribution in [2.45, 2.75) is 23.6 Å². The van der Waals surface area contributed by atoms with Crippen molar-refractivity contribution in [3.8, 4) is 0 Å². The average molecular weight is 503 g/mol. The predicted molar refractivity (Wildman–Crippen MR) is 132 cm³/mol. The third kappa shape index (κ3) is 7.01. The Hall–Kier alpha value is -2.98. The van der Waals surface area contributed by atoms with Crippen LogP contribution >= 0.6 is 23.5 Å². The van der Waals surface area contributed by atoms with E-state index < -0.39 is 35.8 Å². The summed E-state index contributed by atoms with van der Waals surface area (Å²) < 4.78 is 9.70. The molecule has 10 heteroatoms. The highest BCUT2D eigenvalue weighted by Crippen LogP contribution is 2.19. The van der Waals surface area contributed by atoms with Crippen molar-refractivity contribution in [1.82, 2.24) is 10.6 Å². The third-order valence-electron chi connectivity index (χ3n) is 5.10. The minimum atomic E-state index is -0.846. The number of thioether (sulfide) groups is 2. The lowest BCUT2D eigenvalue weighted by Gasteiger charge is -2.17. The highest BCUT2D eigenvalue weighted by Gasteiger charge is 2.25. The summed E-state index contributed by atoms with van der Waals surface area (Å²) in [6.07, 6.45) is 0. The van der Waals surface area contributed by atoms with Crippen molar-refractivity contribution in [2.75, 3.05) is 25.7 Å². The fraction of sp³-hybridized carbons (Fsp3) is 0.333. The molecule has 0 saturated heterocycles. The summed E-state index contributed by atoms with van der Waals surface area (Å²) in [5, 5.41) is 5.38. The molecular formula is C24H26N2O6S2. The van der Waals surface area contributed by atoms with Gasteiger partial charge in [0.25, 0.3) is 11.8 Å². The molecule has 4 bridgehead atoms. The molecule has 2 heterocycles. The highest BCUT2D eigenvalue weighted by atomic mass is 32.2. The maximum absolute atomic E-state index is 12.8. The molecule has 0 radical (unpaired) electrons. The van der Waals surface area contributed by atoms with E-state index in [-0.39, 0.29) is 11.1 Å². The van der Waals surface area contributed by atoms with Crippen LogP contribution in [0.25, 0.3) is 0 Å². The second kappa shape index (κ2) is 12.5. The van der Waals surface area contributed by atoms with Crippen molar-refractivity contribution >= 4 is 47.3 Å². The van der Waals surface area contributed by atoms with E-state index in [0.29, 0.717) is 23.0 Å². The first-order chi connectivity index (χ1) is 16.4. The monoisotopic (exact) mass is 502 g/mol. The number of hydrogen-bond donors (Lipinski definition) is 2. The fourth-order valence-electron chi connectivity index (χ4n) is 3.23. The number of carbonyl (C=O) groups is 4. The van der Waals surface area contributed by atoms with Gasteiger partial charge in [-0.25, -0.2) is 9.59 Å². The topological polar surface area (TPSA) is 111 Å². The summed E-state index contributed by atoms with van der Waals surface area (Å²) in [7, 11) is 2.54. The van der Waals surface area contributed by atoms with Crippen LogP contribution in [0.5, 0.6) is 0 Å². The van der Waals surface area contributed by atoms with Crippen molar-refractivity contribution in [2.24, 2.45) is 0 Å². The normalized spacial score (nSPS) is 19.6. The molecule has 2 aliphatic heterocycles. The zero-order chi connectivity index (χ0) is 24.5. The molecule has 4 rings (SSSR count). The molecule has 0 fully saturated rings. The van der Waals surface area contributed by atoms with E-state index in [1.165, 1.54) is 43.8 Å². The molecule has 2 atom stereocenters. The Kier molecular flexibility index (Phi) is 9.41. The minimum absolute atomic E-state index is 0.212. The second-order valence-corrected chi connectivity index (χ2v) is 9.59. The molecule has 0 aliphatic carbocycles. The number of benzene rings is 2. The number of fused-ring (bicyclic) bond motifs is 12. The molecule has 2 amide bonds. The first-order valence-corrected chi connectivity index (χ1v) is 12.8. The van der Waals surface area contributed by atoms with Gasteiger partial charge in [-0.2, -0.15) is 23.5 Å². The standard InChI is InChI=1S/C24H26N2O6S2/c1-31-23(29)19-13-33-11-15-6-8-16(9-7-15)12-34-14-20(24(30)32-2)26-22(28)18-5-3-4-17(10-18)21(27)25-19/h3-10,19-20H,11-14H2,1-2H3,(H,25,27)(H,26,28)/t19-,20+. The molecule has 34 heavy (non-hydrogen) atoms. The summed E-state index contributed by atoms with van der Waals surface area (Å²) in [6.45, 7) is 0. The van der Waals surface area contributed by atoms with E-state index in [4.69, 9.17) is 9.47 Å². The van der Waals surface area contributed by atoms with Gasteiger partial charge in [-0.1, -0.05) is 30.3 Å². The Morgan fingerprint density at radius 3 is 1.56 bits per heavy atom. The minimum Gasteiger partial charge on any atom is -0.467 e. The van der Waals surface area contributed by atoms with Crippen LogP contribution in [-0.2, 0) is 30.6 Å².